The third kappa shape index (κ3) is 3.55. The summed E-state index contributed by atoms with van der Waals surface area (Å²) in [5.74, 6) is -0.131. The van der Waals surface area contributed by atoms with Crippen molar-refractivity contribution in [3.8, 4) is 0 Å². The first-order valence-electron chi connectivity index (χ1n) is 8.37. The largest absolute Gasteiger partial charge is 0.372 e. The molecule has 0 unspecified atom stereocenters. The van der Waals surface area contributed by atoms with Crippen molar-refractivity contribution in [1.29, 1.82) is 0 Å². The Morgan fingerprint density at radius 2 is 2.17 bits per heavy atom. The Bertz CT molecular complexity index is 565. The van der Waals surface area contributed by atoms with Gasteiger partial charge in [0.2, 0.25) is 11.8 Å². The number of ether oxygens (including phenoxy) is 1. The molecule has 2 aliphatic rings. The van der Waals surface area contributed by atoms with E-state index in [4.69, 9.17) is 4.74 Å². The molecule has 3 rings (SSSR count). The highest BCUT2D eigenvalue weighted by atomic mass is 16.5. The van der Waals surface area contributed by atoms with Crippen LogP contribution in [0.25, 0.3) is 0 Å². The molecule has 1 aliphatic carbocycles. The molecule has 1 fully saturated rings. The predicted molar refractivity (Wildman–Crippen MR) is 83.6 cm³/mol. The SMILES string of the molecule is CCOCC(=O)N1Cc2ccnn2[C@@H](C(=O)NC2CCCC2)C1. The topological polar surface area (TPSA) is 76.5 Å². The fourth-order valence-corrected chi connectivity index (χ4v) is 3.33. The van der Waals surface area contributed by atoms with E-state index in [0.717, 1.165) is 18.5 Å². The number of hydrogen-bond acceptors (Lipinski definition) is 4. The van der Waals surface area contributed by atoms with Gasteiger partial charge in [-0.3, -0.25) is 14.3 Å². The average molecular weight is 320 g/mol. The van der Waals surface area contributed by atoms with Crippen LogP contribution < -0.4 is 5.32 Å². The van der Waals surface area contributed by atoms with Crippen molar-refractivity contribution in [3.63, 3.8) is 0 Å². The molecule has 7 nitrogen and oxygen atoms in total. The van der Waals surface area contributed by atoms with Crippen LogP contribution >= 0.6 is 0 Å². The van der Waals surface area contributed by atoms with Crippen LogP contribution in [0.1, 0.15) is 44.3 Å². The Balaban J connectivity index is 1.70. The van der Waals surface area contributed by atoms with Crippen LogP contribution in [-0.4, -0.2) is 52.3 Å². The summed E-state index contributed by atoms with van der Waals surface area (Å²) < 4.78 is 6.95. The van der Waals surface area contributed by atoms with Crippen LogP contribution in [0, 0.1) is 0 Å². The quantitative estimate of drug-likeness (QED) is 0.873. The van der Waals surface area contributed by atoms with E-state index in [0.29, 0.717) is 19.7 Å². The predicted octanol–water partition coefficient (Wildman–Crippen LogP) is 0.862. The summed E-state index contributed by atoms with van der Waals surface area (Å²) in [4.78, 5) is 26.6. The molecular formula is C16H24N4O3. The maximum absolute atomic E-state index is 12.7. The zero-order chi connectivity index (χ0) is 16.2. The number of fused-ring (bicyclic) bond motifs is 1. The van der Waals surface area contributed by atoms with Crippen LogP contribution in [-0.2, 0) is 20.9 Å². The van der Waals surface area contributed by atoms with Crippen molar-refractivity contribution in [2.45, 2.75) is 51.2 Å². The maximum Gasteiger partial charge on any atom is 0.249 e. The molecule has 2 amide bonds. The number of nitrogens with one attached hydrogen (secondary N) is 1. The lowest BCUT2D eigenvalue weighted by atomic mass is 10.1. The van der Waals surface area contributed by atoms with Crippen molar-refractivity contribution >= 4 is 11.8 Å². The van der Waals surface area contributed by atoms with Gasteiger partial charge in [0.1, 0.15) is 12.6 Å². The van der Waals surface area contributed by atoms with Crippen LogP contribution in [0.5, 0.6) is 0 Å². The molecule has 2 heterocycles. The van der Waals surface area contributed by atoms with Gasteiger partial charge in [-0.15, -0.1) is 0 Å². The normalized spacial score (nSPS) is 21.3. The third-order valence-electron chi connectivity index (χ3n) is 4.58. The highest BCUT2D eigenvalue weighted by Crippen LogP contribution is 2.23. The number of carbonyl (C=O) groups excluding carboxylic acids is 2. The molecular weight excluding hydrogens is 296 g/mol. The number of aromatic nitrogens is 2. The van der Waals surface area contributed by atoms with Crippen molar-refractivity contribution in [1.82, 2.24) is 20.0 Å². The number of carbonyl (C=O) groups is 2. The Morgan fingerprint density at radius 3 is 2.91 bits per heavy atom. The Hall–Kier alpha value is -1.89. The van der Waals surface area contributed by atoms with Crippen LogP contribution in [0.2, 0.25) is 0 Å². The Morgan fingerprint density at radius 1 is 1.39 bits per heavy atom. The summed E-state index contributed by atoms with van der Waals surface area (Å²) in [6.45, 7) is 3.24. The lowest BCUT2D eigenvalue weighted by Crippen LogP contribution is -2.49. The molecule has 0 radical (unpaired) electrons. The van der Waals surface area contributed by atoms with Gasteiger partial charge in [0, 0.05) is 18.8 Å². The molecule has 1 aliphatic heterocycles. The summed E-state index contributed by atoms with van der Waals surface area (Å²) in [5.41, 5.74) is 0.882. The van der Waals surface area contributed by atoms with E-state index in [-0.39, 0.29) is 24.5 Å². The zero-order valence-electron chi connectivity index (χ0n) is 13.5. The van der Waals surface area contributed by atoms with E-state index in [1.807, 2.05) is 13.0 Å². The molecule has 1 N–H and O–H groups in total. The molecule has 0 bridgehead atoms. The molecule has 0 spiro atoms. The van der Waals surface area contributed by atoms with Gasteiger partial charge < -0.3 is 15.0 Å². The molecule has 1 aromatic heterocycles. The third-order valence-corrected chi connectivity index (χ3v) is 4.58. The Kier molecular flexibility index (Phi) is 4.95. The minimum atomic E-state index is -0.458. The molecule has 0 aromatic carbocycles. The highest BCUT2D eigenvalue weighted by Gasteiger charge is 2.34. The minimum Gasteiger partial charge on any atom is -0.372 e. The van der Waals surface area contributed by atoms with E-state index in [1.54, 1.807) is 15.8 Å². The molecule has 23 heavy (non-hydrogen) atoms. The first kappa shape index (κ1) is 16.0. The first-order valence-corrected chi connectivity index (χ1v) is 8.37. The molecule has 126 valence electrons. The van der Waals surface area contributed by atoms with Crippen LogP contribution in [0.4, 0.5) is 0 Å². The number of hydrogen-bond donors (Lipinski definition) is 1. The van der Waals surface area contributed by atoms with E-state index >= 15 is 0 Å². The molecule has 1 aromatic rings. The lowest BCUT2D eigenvalue weighted by Gasteiger charge is -2.33. The van der Waals surface area contributed by atoms with Crippen LogP contribution in [0.3, 0.4) is 0 Å². The summed E-state index contributed by atoms with van der Waals surface area (Å²) in [6, 6.07) is 1.66. The summed E-state index contributed by atoms with van der Waals surface area (Å²) in [5, 5.41) is 7.39. The highest BCUT2D eigenvalue weighted by molar-refractivity contribution is 5.83. The fraction of sp³-hybridized carbons (Fsp3) is 0.688. The molecule has 0 saturated heterocycles. The zero-order valence-corrected chi connectivity index (χ0v) is 13.5. The molecule has 1 saturated carbocycles. The van der Waals surface area contributed by atoms with Gasteiger partial charge in [0.05, 0.1) is 18.8 Å². The van der Waals surface area contributed by atoms with Crippen molar-refractivity contribution in [2.24, 2.45) is 0 Å². The van der Waals surface area contributed by atoms with Gasteiger partial charge in [-0.1, -0.05) is 12.8 Å². The fourth-order valence-electron chi connectivity index (χ4n) is 3.33. The van der Waals surface area contributed by atoms with E-state index in [1.165, 1.54) is 12.8 Å². The molecule has 1 atom stereocenters. The second-order valence-corrected chi connectivity index (χ2v) is 6.18. The van der Waals surface area contributed by atoms with Gasteiger partial charge in [-0.05, 0) is 25.8 Å². The number of nitrogens with zero attached hydrogens (tertiary/aromatic N) is 3. The van der Waals surface area contributed by atoms with Crippen LogP contribution in [0.15, 0.2) is 12.3 Å². The maximum atomic E-state index is 12.7. The Labute approximate surface area is 136 Å². The van der Waals surface area contributed by atoms with Gasteiger partial charge in [-0.2, -0.15) is 5.10 Å². The standard InChI is InChI=1S/C16H24N4O3/c1-2-23-11-15(21)19-9-13-7-8-17-20(13)14(10-19)16(22)18-12-5-3-4-6-12/h7-8,12,14H,2-6,9-11H2,1H3,(H,18,22)/t14-/m1/s1. The summed E-state index contributed by atoms with van der Waals surface area (Å²) in [6.07, 6.45) is 6.10. The lowest BCUT2D eigenvalue weighted by molar-refractivity contribution is -0.139. The first-order chi connectivity index (χ1) is 11.2. The summed E-state index contributed by atoms with van der Waals surface area (Å²) in [7, 11) is 0. The second kappa shape index (κ2) is 7.12. The summed E-state index contributed by atoms with van der Waals surface area (Å²) >= 11 is 0. The minimum absolute atomic E-state index is 0.0456. The van der Waals surface area contributed by atoms with Crippen molar-refractivity contribution in [3.05, 3.63) is 18.0 Å². The second-order valence-electron chi connectivity index (χ2n) is 6.18. The smallest absolute Gasteiger partial charge is 0.249 e. The van der Waals surface area contributed by atoms with E-state index in [2.05, 4.69) is 10.4 Å². The van der Waals surface area contributed by atoms with Crippen molar-refractivity contribution < 1.29 is 14.3 Å². The van der Waals surface area contributed by atoms with Gasteiger partial charge in [0.25, 0.3) is 0 Å². The van der Waals surface area contributed by atoms with Gasteiger partial charge in [0.15, 0.2) is 0 Å². The van der Waals surface area contributed by atoms with Gasteiger partial charge in [-0.25, -0.2) is 0 Å². The number of rotatable bonds is 5. The number of amides is 2. The van der Waals surface area contributed by atoms with Crippen molar-refractivity contribution in [2.75, 3.05) is 19.8 Å². The molecule has 7 heteroatoms. The van der Waals surface area contributed by atoms with E-state index in [9.17, 15) is 9.59 Å². The average Bonchev–Trinajstić information content (AvgIpc) is 3.22. The van der Waals surface area contributed by atoms with Gasteiger partial charge >= 0.3 is 0 Å². The monoisotopic (exact) mass is 320 g/mol. The van der Waals surface area contributed by atoms with E-state index < -0.39 is 6.04 Å².